The number of ether oxygens (including phenoxy) is 1. The van der Waals surface area contributed by atoms with E-state index in [1.54, 1.807) is 0 Å². The normalized spacial score (nSPS) is 13.2. The molecule has 0 aromatic rings. The molecule has 0 saturated carbocycles. The molecule has 2 atom stereocenters. The van der Waals surface area contributed by atoms with E-state index in [2.05, 4.69) is 0 Å². The van der Waals surface area contributed by atoms with E-state index in [-0.39, 0.29) is 18.5 Å². The predicted molar refractivity (Wildman–Crippen MR) is 115 cm³/mol. The molecule has 0 aromatic carbocycles. The number of carboxylic acids is 1. The largest absolute Gasteiger partial charge is 0.481 e. The van der Waals surface area contributed by atoms with Crippen molar-refractivity contribution in [3.05, 3.63) is 0 Å². The van der Waals surface area contributed by atoms with Gasteiger partial charge < -0.3 is 20.1 Å². The Labute approximate surface area is 177 Å². The number of aliphatic hydroxyl groups excluding tert-OH is 2. The third kappa shape index (κ3) is 18.6. The minimum atomic E-state index is -0.986. The van der Waals surface area contributed by atoms with Crippen molar-refractivity contribution >= 4 is 11.9 Å². The molecule has 0 aliphatic carbocycles. The molecule has 0 aliphatic heterocycles. The Balaban J connectivity index is 3.40. The molecule has 29 heavy (non-hydrogen) atoms. The molecule has 0 aliphatic rings. The minimum absolute atomic E-state index is 0.106. The van der Waals surface area contributed by atoms with E-state index < -0.39 is 18.7 Å². The Bertz CT molecular complexity index is 399. The number of carbonyl (C=O) groups excluding carboxylic acids is 1. The van der Waals surface area contributed by atoms with Crippen LogP contribution < -0.4 is 0 Å². The first-order valence-corrected chi connectivity index (χ1v) is 11.7. The summed E-state index contributed by atoms with van der Waals surface area (Å²) >= 11 is 0. The Kier molecular flexibility index (Phi) is 19.4. The molecule has 3 N–H and O–H groups in total. The van der Waals surface area contributed by atoms with Gasteiger partial charge in [0.2, 0.25) is 0 Å². The highest BCUT2D eigenvalue weighted by atomic mass is 16.5. The maximum atomic E-state index is 11.9. The third-order valence-electron chi connectivity index (χ3n) is 5.40. The first-order valence-electron chi connectivity index (χ1n) is 11.7. The topological polar surface area (TPSA) is 104 Å². The molecule has 0 radical (unpaired) electrons. The van der Waals surface area contributed by atoms with Crippen molar-refractivity contribution < 1.29 is 29.6 Å². The van der Waals surface area contributed by atoms with Gasteiger partial charge in [-0.1, -0.05) is 84.0 Å². The van der Waals surface area contributed by atoms with Crippen molar-refractivity contribution in [3.8, 4) is 0 Å². The zero-order chi connectivity index (χ0) is 21.7. The van der Waals surface area contributed by atoms with Gasteiger partial charge in [-0.05, 0) is 19.3 Å². The van der Waals surface area contributed by atoms with Gasteiger partial charge in [0.1, 0.15) is 12.7 Å². The molecule has 0 rings (SSSR count). The highest BCUT2D eigenvalue weighted by Crippen LogP contribution is 2.17. The number of unbranched alkanes of at least 4 members (excludes halogenated alkanes) is 12. The molecule has 0 bridgehead atoms. The summed E-state index contributed by atoms with van der Waals surface area (Å²) in [6.07, 6.45) is 16.1. The monoisotopic (exact) mass is 416 g/mol. The number of rotatable bonds is 21. The van der Waals surface area contributed by atoms with Crippen LogP contribution in [0, 0.1) is 5.92 Å². The Morgan fingerprint density at radius 3 is 1.66 bits per heavy atom. The molecule has 2 unspecified atom stereocenters. The molecule has 6 heteroatoms. The first-order chi connectivity index (χ1) is 14.0. The second kappa shape index (κ2) is 20.1. The van der Waals surface area contributed by atoms with Crippen LogP contribution >= 0.6 is 0 Å². The fourth-order valence-electron chi connectivity index (χ4n) is 3.45. The van der Waals surface area contributed by atoms with Crippen LogP contribution in [0.3, 0.4) is 0 Å². The summed E-state index contributed by atoms with van der Waals surface area (Å²) < 4.78 is 5.05. The quantitative estimate of drug-likeness (QED) is 0.183. The van der Waals surface area contributed by atoms with Crippen LogP contribution in [0.5, 0.6) is 0 Å². The molecule has 0 saturated heterocycles. The van der Waals surface area contributed by atoms with Crippen molar-refractivity contribution in [1.29, 1.82) is 0 Å². The highest BCUT2D eigenvalue weighted by Gasteiger charge is 2.18. The molecule has 0 fully saturated rings. The zero-order valence-corrected chi connectivity index (χ0v) is 18.4. The van der Waals surface area contributed by atoms with Crippen LogP contribution in [0.4, 0.5) is 0 Å². The number of hydrogen-bond acceptors (Lipinski definition) is 5. The van der Waals surface area contributed by atoms with Crippen molar-refractivity contribution in [2.45, 2.75) is 116 Å². The molecule has 0 amide bonds. The van der Waals surface area contributed by atoms with Gasteiger partial charge in [0, 0.05) is 6.42 Å². The third-order valence-corrected chi connectivity index (χ3v) is 5.40. The van der Waals surface area contributed by atoms with Gasteiger partial charge in [-0.15, -0.1) is 0 Å². The Morgan fingerprint density at radius 1 is 0.793 bits per heavy atom. The Morgan fingerprint density at radius 2 is 1.24 bits per heavy atom. The summed E-state index contributed by atoms with van der Waals surface area (Å²) in [5, 5.41) is 26.6. The minimum Gasteiger partial charge on any atom is -0.481 e. The smallest absolute Gasteiger partial charge is 0.309 e. The molecule has 0 aromatic heterocycles. The van der Waals surface area contributed by atoms with Crippen LogP contribution in [-0.4, -0.2) is 46.6 Å². The maximum Gasteiger partial charge on any atom is 0.309 e. The van der Waals surface area contributed by atoms with E-state index in [0.29, 0.717) is 6.42 Å². The summed E-state index contributed by atoms with van der Waals surface area (Å²) in [4.78, 5) is 22.4. The maximum absolute atomic E-state index is 11.9. The van der Waals surface area contributed by atoms with E-state index in [9.17, 15) is 14.7 Å². The van der Waals surface area contributed by atoms with Crippen molar-refractivity contribution in [2.75, 3.05) is 13.2 Å². The van der Waals surface area contributed by atoms with Crippen LogP contribution in [0.15, 0.2) is 0 Å². The summed E-state index contributed by atoms with van der Waals surface area (Å²) in [5.41, 5.74) is 0. The van der Waals surface area contributed by atoms with E-state index >= 15 is 0 Å². The lowest BCUT2D eigenvalue weighted by molar-refractivity contribution is -0.152. The molecule has 6 nitrogen and oxygen atoms in total. The van der Waals surface area contributed by atoms with E-state index in [1.807, 2.05) is 6.92 Å². The average molecular weight is 417 g/mol. The fourth-order valence-corrected chi connectivity index (χ4v) is 3.45. The lowest BCUT2D eigenvalue weighted by Gasteiger charge is -2.15. The van der Waals surface area contributed by atoms with E-state index in [4.69, 9.17) is 14.9 Å². The molecule has 172 valence electrons. The zero-order valence-electron chi connectivity index (χ0n) is 18.4. The number of hydrogen-bond donors (Lipinski definition) is 3. The van der Waals surface area contributed by atoms with Crippen molar-refractivity contribution in [3.63, 3.8) is 0 Å². The van der Waals surface area contributed by atoms with Gasteiger partial charge in [0.05, 0.1) is 12.5 Å². The highest BCUT2D eigenvalue weighted by molar-refractivity contribution is 5.72. The second-order valence-electron chi connectivity index (χ2n) is 8.10. The summed E-state index contributed by atoms with van der Waals surface area (Å²) in [5.74, 6) is -1.06. The Hall–Kier alpha value is -1.14. The van der Waals surface area contributed by atoms with E-state index in [0.717, 1.165) is 44.9 Å². The van der Waals surface area contributed by atoms with Crippen LogP contribution in [0.2, 0.25) is 0 Å². The van der Waals surface area contributed by atoms with Crippen molar-refractivity contribution in [2.24, 2.45) is 5.92 Å². The van der Waals surface area contributed by atoms with Gasteiger partial charge in [0.25, 0.3) is 0 Å². The summed E-state index contributed by atoms with van der Waals surface area (Å²) in [6.45, 7) is 1.46. The van der Waals surface area contributed by atoms with Crippen molar-refractivity contribution in [1.82, 2.24) is 0 Å². The van der Waals surface area contributed by atoms with E-state index in [1.165, 1.54) is 51.4 Å². The number of carbonyl (C=O) groups is 2. The lowest BCUT2D eigenvalue weighted by atomic mass is 9.97. The standard InChI is InChI=1S/C23H44O6/c1-2-20(23(28)29-19-21(25)18-24)16-14-12-10-8-6-4-3-5-7-9-11-13-15-17-22(26)27/h20-21,24-25H,2-19H2,1H3,(H,26,27). The van der Waals surface area contributed by atoms with Gasteiger partial charge in [-0.25, -0.2) is 0 Å². The summed E-state index contributed by atoms with van der Waals surface area (Å²) in [7, 11) is 0. The number of aliphatic carboxylic acids is 1. The van der Waals surface area contributed by atoms with Gasteiger partial charge >= 0.3 is 11.9 Å². The number of carboxylic acid groups (broad SMARTS) is 1. The number of esters is 1. The fraction of sp³-hybridized carbons (Fsp3) is 0.913. The van der Waals surface area contributed by atoms with Gasteiger partial charge in [-0.2, -0.15) is 0 Å². The molecule has 0 heterocycles. The lowest BCUT2D eigenvalue weighted by Crippen LogP contribution is -2.25. The average Bonchev–Trinajstić information content (AvgIpc) is 2.71. The van der Waals surface area contributed by atoms with Gasteiger partial charge in [0.15, 0.2) is 0 Å². The SMILES string of the molecule is CCC(CCCCCCCCCCCCCCCC(=O)O)C(=O)OCC(O)CO. The predicted octanol–water partition coefficient (Wildman–Crippen LogP) is 4.85. The summed E-state index contributed by atoms with van der Waals surface area (Å²) in [6, 6.07) is 0. The van der Waals surface area contributed by atoms with Gasteiger partial charge in [-0.3, -0.25) is 9.59 Å². The number of aliphatic hydroxyl groups is 2. The molecule has 0 spiro atoms. The molecular formula is C23H44O6. The molecular weight excluding hydrogens is 372 g/mol. The first kappa shape index (κ1) is 27.9. The van der Waals surface area contributed by atoms with Crippen LogP contribution in [0.1, 0.15) is 110 Å². The van der Waals surface area contributed by atoms with Crippen LogP contribution in [0.25, 0.3) is 0 Å². The van der Waals surface area contributed by atoms with Crippen LogP contribution in [-0.2, 0) is 14.3 Å². The second-order valence-corrected chi connectivity index (χ2v) is 8.10.